The van der Waals surface area contributed by atoms with Crippen LogP contribution in [0.25, 0.3) is 43.1 Å². The van der Waals surface area contributed by atoms with E-state index in [-0.39, 0.29) is 55.2 Å². The Labute approximate surface area is 482 Å². The molecule has 1 aromatic heterocycles. The van der Waals surface area contributed by atoms with Crippen molar-refractivity contribution in [3.63, 3.8) is 0 Å². The molecule has 0 fully saturated rings. The zero-order chi connectivity index (χ0) is 56.6. The second kappa shape index (κ2) is 33.9. The predicted molar refractivity (Wildman–Crippen MR) is 321 cm³/mol. The van der Waals surface area contributed by atoms with Crippen LogP contribution in [0.5, 0.6) is 0 Å². The number of imide groups is 2. The summed E-state index contributed by atoms with van der Waals surface area (Å²) < 4.78 is 8.25. The number of hydrogen-bond donors (Lipinski definition) is 2. The Kier molecular flexibility index (Phi) is 28.0. The van der Waals surface area contributed by atoms with Gasteiger partial charge in [-0.05, 0) is 172 Å². The molecule has 2 aliphatic rings. The minimum absolute atomic E-state index is 0. The van der Waals surface area contributed by atoms with Crippen molar-refractivity contribution >= 4 is 72.7 Å². The van der Waals surface area contributed by atoms with Crippen LogP contribution in [0.1, 0.15) is 208 Å². The van der Waals surface area contributed by atoms with E-state index in [4.69, 9.17) is 15.6 Å². The van der Waals surface area contributed by atoms with Crippen molar-refractivity contribution in [3.05, 3.63) is 153 Å². The minimum atomic E-state index is -0.833. The van der Waals surface area contributed by atoms with Gasteiger partial charge in [-0.25, -0.2) is 0 Å². The average molecular weight is 1130 g/mol. The molecule has 0 saturated carbocycles. The van der Waals surface area contributed by atoms with Crippen LogP contribution in [0.3, 0.4) is 0 Å². The molecule has 0 bridgehead atoms. The Hall–Kier alpha value is -6.36. The number of unbranched alkanes of at least 4 members (excludes halogenated alkanes) is 12. The van der Waals surface area contributed by atoms with Crippen molar-refractivity contribution in [3.8, 4) is 0 Å². The molecule has 0 aliphatic carbocycles. The maximum absolute atomic E-state index is 14.5. The van der Waals surface area contributed by atoms with Crippen LogP contribution in [0, 0.1) is 6.92 Å². The number of allylic oxidation sites excluding steroid dienone is 6. The molecule has 0 atom stereocenters. The molecule has 79 heavy (non-hydrogen) atoms. The van der Waals surface area contributed by atoms with Crippen LogP contribution in [0.2, 0.25) is 0 Å². The summed E-state index contributed by atoms with van der Waals surface area (Å²) in [6, 6.07) is 15.5. The maximum atomic E-state index is 14.5. The largest absolute Gasteiger partial charge is 0.481 e. The Morgan fingerprint density at radius 1 is 0.468 bits per heavy atom. The first kappa shape index (κ1) is 65.2. The summed E-state index contributed by atoms with van der Waals surface area (Å²) in [7, 11) is 0. The summed E-state index contributed by atoms with van der Waals surface area (Å²) in [5, 5.41) is 14.2. The Bertz CT molecular complexity index is 2640. The molecular formula is C67H86N3O8Zn-. The zero-order valence-corrected chi connectivity index (χ0v) is 50.5. The van der Waals surface area contributed by atoms with Crippen LogP contribution in [-0.4, -0.2) is 62.6 Å². The zero-order valence-electron chi connectivity index (χ0n) is 47.5. The first-order valence-corrected chi connectivity index (χ1v) is 28.6. The number of nitrogens with two attached hydrogens (primary N) is 1. The summed E-state index contributed by atoms with van der Waals surface area (Å²) in [6.07, 6.45) is 35.4. The molecule has 0 spiro atoms. The molecule has 0 radical (unpaired) electrons. The monoisotopic (exact) mass is 1120 g/mol. The summed E-state index contributed by atoms with van der Waals surface area (Å²) in [4.78, 5) is 70.0. The Morgan fingerprint density at radius 3 is 0.886 bits per heavy atom. The van der Waals surface area contributed by atoms with Gasteiger partial charge >= 0.3 is 0 Å². The van der Waals surface area contributed by atoms with Gasteiger partial charge < -0.3 is 20.0 Å². The molecule has 5 aromatic carbocycles. The van der Waals surface area contributed by atoms with Gasteiger partial charge in [0.2, 0.25) is 0 Å². The number of rotatable bonds is 32. The number of benzene rings is 5. The fraction of sp³-hybridized carbons (Fsp3) is 0.433. The number of nitrogens with zero attached hydrogens (tertiary/aromatic N) is 2. The van der Waals surface area contributed by atoms with Crippen molar-refractivity contribution in [1.29, 1.82) is 0 Å². The first-order valence-electron chi connectivity index (χ1n) is 28.6. The number of carbonyl (C=O) groups is 5. The number of aliphatic carboxylic acids is 1. The number of carboxylic acids is 1. The van der Waals surface area contributed by atoms with Gasteiger partial charge in [-0.1, -0.05) is 99.2 Å². The van der Waals surface area contributed by atoms with E-state index in [1.807, 2.05) is 85.0 Å². The van der Waals surface area contributed by atoms with Crippen LogP contribution >= 0.6 is 0 Å². The molecule has 8 rings (SSSR count). The van der Waals surface area contributed by atoms with Crippen molar-refractivity contribution in [2.75, 3.05) is 0 Å². The molecule has 4 amide bonds. The minimum Gasteiger partial charge on any atom is -0.481 e. The van der Waals surface area contributed by atoms with Crippen LogP contribution in [0.4, 0.5) is 0 Å². The SMILES string of the molecule is C=CCCCCC(CCCCC=C)N1C(=O)c2ccc3c4ccc5c6c(ccc(c7ccc(c2c37)C1=O)c64)C(=O)N(C(CCCCC=C)CCCCC=C)C5=O.C=CCCCCC(N)CCCCC=C.CC(=O)O.C[c-]1oo1.[Zn]. The first-order chi connectivity index (χ1) is 37.8. The van der Waals surface area contributed by atoms with Gasteiger partial charge in [0.15, 0.2) is 0 Å². The standard InChI is InChI=1S/C50H54N2O4.C13H25N.C2H3O2.C2H4O2.Zn/c1-5-9-13-17-21-33(22-18-14-10-6-2)51-47(53)39-29-25-35-37-27-31-41-46-42(32-28-38(44(37)46)36-26-30-40(48(51)54)45(39)43(35)36)50(56)52(49(41)55)34(23-19-15-11-7-3)24-20-16-12-8-4;1-3-5-7-9-11-13(14)12-10-8-6-4-2;1-2-3-4-2;1-2(3)4;/h5-8,25-34H,1-4,9-24H2;3-4,13H,1-2,5-12,14H2;1H3;1H3,(H,3,4);/q;;-1;;. The van der Waals surface area contributed by atoms with E-state index in [0.717, 1.165) is 155 Å². The summed E-state index contributed by atoms with van der Waals surface area (Å²) in [5.74, 6) is -1.11. The van der Waals surface area contributed by atoms with E-state index in [1.165, 1.54) is 38.5 Å². The quantitative estimate of drug-likeness (QED) is 0.00611. The van der Waals surface area contributed by atoms with E-state index in [2.05, 4.69) is 48.6 Å². The van der Waals surface area contributed by atoms with Crippen molar-refractivity contribution in [2.24, 2.45) is 5.73 Å². The second-order valence-electron chi connectivity index (χ2n) is 20.8. The normalized spacial score (nSPS) is 12.6. The average Bonchev–Trinajstić information content (AvgIpc) is 4.32. The van der Waals surface area contributed by atoms with Crippen LogP contribution in [0.15, 0.2) is 134 Å². The van der Waals surface area contributed by atoms with Gasteiger partial charge in [0.05, 0.1) is 0 Å². The third-order valence-corrected chi connectivity index (χ3v) is 14.9. The predicted octanol–water partition coefficient (Wildman–Crippen LogP) is 17.4. The van der Waals surface area contributed by atoms with Gasteiger partial charge in [-0.2, -0.15) is 0 Å². The molecule has 3 N–H and O–H groups in total. The number of carbonyl (C=O) groups excluding carboxylic acids is 4. The van der Waals surface area contributed by atoms with Crippen LogP contribution in [-0.2, 0) is 24.3 Å². The molecular weight excluding hydrogens is 1040 g/mol. The summed E-state index contributed by atoms with van der Waals surface area (Å²) in [6.45, 7) is 25.7. The van der Waals surface area contributed by atoms with Gasteiger partial charge in [0, 0.05) is 83.5 Å². The number of aryl methyl sites for hydroxylation is 1. The van der Waals surface area contributed by atoms with E-state index in [1.54, 1.807) is 16.7 Å². The molecule has 6 aromatic rings. The third-order valence-electron chi connectivity index (χ3n) is 14.9. The van der Waals surface area contributed by atoms with Crippen molar-refractivity contribution < 1.29 is 57.7 Å². The topological polar surface area (TPSA) is 164 Å². The van der Waals surface area contributed by atoms with E-state index >= 15 is 0 Å². The van der Waals surface area contributed by atoms with Gasteiger partial charge in [-0.3, -0.25) is 33.8 Å². The molecule has 2 aliphatic heterocycles. The van der Waals surface area contributed by atoms with Crippen molar-refractivity contribution in [1.82, 2.24) is 9.80 Å². The molecule has 420 valence electrons. The maximum Gasteiger partial charge on any atom is 0.300 e. The molecule has 12 heteroatoms. The van der Waals surface area contributed by atoms with Gasteiger partial charge in [0.1, 0.15) is 0 Å². The number of hydrogen-bond acceptors (Lipinski definition) is 8. The smallest absolute Gasteiger partial charge is 0.300 e. The number of amides is 4. The fourth-order valence-electron chi connectivity index (χ4n) is 11.0. The fourth-order valence-corrected chi connectivity index (χ4v) is 11.0. The van der Waals surface area contributed by atoms with E-state index in [9.17, 15) is 19.2 Å². The summed E-state index contributed by atoms with van der Waals surface area (Å²) >= 11 is 0. The van der Waals surface area contributed by atoms with Gasteiger partial charge in [0.25, 0.3) is 29.6 Å². The molecule has 11 nitrogen and oxygen atoms in total. The van der Waals surface area contributed by atoms with Crippen molar-refractivity contribution in [2.45, 2.75) is 186 Å². The number of carboxylic acid groups (broad SMARTS) is 1. The third kappa shape index (κ3) is 17.6. The summed E-state index contributed by atoms with van der Waals surface area (Å²) in [5.41, 5.74) is 8.17. The Balaban J connectivity index is 0.000000490. The second-order valence-corrected chi connectivity index (χ2v) is 20.8. The molecule has 0 saturated heterocycles. The van der Waals surface area contributed by atoms with E-state index in [0.29, 0.717) is 45.0 Å². The van der Waals surface area contributed by atoms with E-state index < -0.39 is 5.97 Å². The van der Waals surface area contributed by atoms with Crippen LogP contribution < -0.4 is 5.73 Å². The molecule has 0 unspecified atom stereocenters. The number of fused-ring (bicyclic) bond motifs is 2. The molecule has 3 heterocycles. The Morgan fingerprint density at radius 2 is 0.684 bits per heavy atom. The van der Waals surface area contributed by atoms with Gasteiger partial charge in [-0.15, -0.1) is 46.4 Å².